The molecule has 0 spiro atoms. The molecule has 2 saturated carbocycles. The van der Waals surface area contributed by atoms with Crippen molar-refractivity contribution >= 4 is 44.8 Å². The van der Waals surface area contributed by atoms with Gasteiger partial charge < -0.3 is 42.1 Å². The van der Waals surface area contributed by atoms with Crippen LogP contribution in [0.5, 0.6) is 0 Å². The zero-order chi connectivity index (χ0) is 37.8. The van der Waals surface area contributed by atoms with Crippen molar-refractivity contribution in [3.8, 4) is 11.1 Å². The minimum atomic E-state index is -1.39. The lowest BCUT2D eigenvalue weighted by atomic mass is 9.57. The summed E-state index contributed by atoms with van der Waals surface area (Å²) in [7, 11) is 18.7. The summed E-state index contributed by atoms with van der Waals surface area (Å²) >= 11 is 0. The molecule has 272 valence electrons. The smallest absolute Gasteiger partial charge is 0.271 e. The average Bonchev–Trinajstić information content (AvgIpc) is 4.05. The van der Waals surface area contributed by atoms with Crippen LogP contribution in [0.3, 0.4) is 0 Å². The topological polar surface area (TPSA) is 180 Å². The first-order chi connectivity index (χ1) is 25.3. The zero-order valence-corrected chi connectivity index (χ0v) is 30.6. The first kappa shape index (κ1) is 36.1. The number of rotatable bonds is 12. The number of likely N-dealkylation sites (tertiary alicyclic amines) is 1. The second kappa shape index (κ2) is 14.0. The monoisotopic (exact) mass is 713 g/mol. The molecule has 2 aliphatic heterocycles. The van der Waals surface area contributed by atoms with E-state index in [4.69, 9.17) is 32.3 Å². The molecule has 53 heavy (non-hydrogen) atoms. The number of carbonyl (C=O) groups excluding carboxylic acids is 3. The van der Waals surface area contributed by atoms with Crippen molar-refractivity contribution in [1.29, 1.82) is 0 Å². The molecular formula is C37H45B2N11O3. The fraction of sp³-hybridized carbons (Fsp3) is 0.432. The Hall–Kier alpha value is -5.24. The van der Waals surface area contributed by atoms with Gasteiger partial charge in [0.25, 0.3) is 11.8 Å². The van der Waals surface area contributed by atoms with E-state index in [1.54, 1.807) is 32.3 Å². The van der Waals surface area contributed by atoms with Gasteiger partial charge in [0.1, 0.15) is 17.2 Å². The third-order valence-electron chi connectivity index (χ3n) is 10.4. The molecule has 1 aromatic carbocycles. The van der Waals surface area contributed by atoms with Gasteiger partial charge in [0, 0.05) is 69.1 Å². The number of hydrogen-bond acceptors (Lipinski definition) is 10. The lowest BCUT2D eigenvalue weighted by Gasteiger charge is -2.50. The predicted octanol–water partition coefficient (Wildman–Crippen LogP) is 1.74. The highest BCUT2D eigenvalue weighted by atomic mass is 16.2. The molecule has 7 rings (SSSR count). The standard InChI is InChI=1S/C37H45B2N11O3/c1-5-28-33-24(17-42-50(33)22-18-49(19-22)37(38,39)29-11-7-10-26(45-29)36(53)47(2)3)23-8-6-9-25(32(23)48(28)4)44-27(31(41)35(52)43-21-14-15-21)16-30(40)46-34(51)20-12-13-20/h6-11,16-17,20-22,28,44H,5,12-15,18-19,40-41H2,1-4H3,(H,43,52)(H,46,51)/b30-16+,31-27+. The van der Waals surface area contributed by atoms with Crippen LogP contribution in [-0.4, -0.2) is 98.3 Å². The Kier molecular flexibility index (Phi) is 9.51. The normalized spacial score (nSPS) is 19.4. The molecule has 16 heteroatoms. The molecule has 7 N–H and O–H groups in total. The Morgan fingerprint density at radius 3 is 2.42 bits per heavy atom. The van der Waals surface area contributed by atoms with Gasteiger partial charge in [-0.1, -0.05) is 25.1 Å². The maximum atomic E-state index is 13.1. The Morgan fingerprint density at radius 2 is 1.75 bits per heavy atom. The number of carbonyl (C=O) groups is 3. The van der Waals surface area contributed by atoms with Gasteiger partial charge in [0.15, 0.2) is 0 Å². The van der Waals surface area contributed by atoms with Crippen LogP contribution in [0.4, 0.5) is 11.4 Å². The largest absolute Gasteiger partial charge is 0.393 e. The minimum Gasteiger partial charge on any atom is -0.393 e. The van der Waals surface area contributed by atoms with Gasteiger partial charge in [0.2, 0.25) is 5.91 Å². The molecule has 3 aromatic rings. The van der Waals surface area contributed by atoms with Crippen molar-refractivity contribution in [2.75, 3.05) is 44.4 Å². The molecule has 4 heterocycles. The third kappa shape index (κ3) is 6.99. The van der Waals surface area contributed by atoms with E-state index in [2.05, 4.69) is 37.4 Å². The summed E-state index contributed by atoms with van der Waals surface area (Å²) in [4.78, 5) is 48.3. The predicted molar refractivity (Wildman–Crippen MR) is 204 cm³/mol. The van der Waals surface area contributed by atoms with E-state index in [1.807, 2.05) is 36.3 Å². The van der Waals surface area contributed by atoms with E-state index in [-0.39, 0.29) is 58.8 Å². The number of nitrogens with two attached hydrogens (primary N) is 2. The summed E-state index contributed by atoms with van der Waals surface area (Å²) in [6.45, 7) is 3.20. The van der Waals surface area contributed by atoms with Crippen LogP contribution in [0.2, 0.25) is 0 Å². The zero-order valence-electron chi connectivity index (χ0n) is 30.6. The Bertz CT molecular complexity index is 2010. The van der Waals surface area contributed by atoms with Gasteiger partial charge in [-0.25, -0.2) is 4.98 Å². The minimum absolute atomic E-state index is 0.000369. The fourth-order valence-electron chi connectivity index (χ4n) is 7.05. The summed E-state index contributed by atoms with van der Waals surface area (Å²) in [5, 5.41) is 12.6. The number of anilines is 2. The van der Waals surface area contributed by atoms with Crippen molar-refractivity contribution in [3.05, 3.63) is 83.0 Å². The van der Waals surface area contributed by atoms with Gasteiger partial charge in [-0.3, -0.25) is 19.1 Å². The number of pyridine rings is 1. The van der Waals surface area contributed by atoms with E-state index in [1.165, 1.54) is 11.0 Å². The van der Waals surface area contributed by atoms with Crippen LogP contribution in [0.1, 0.15) is 73.0 Å². The fourth-order valence-corrected chi connectivity index (χ4v) is 7.05. The summed E-state index contributed by atoms with van der Waals surface area (Å²) in [6, 6.07) is 11.1. The summed E-state index contributed by atoms with van der Waals surface area (Å²) < 4.78 is 2.08. The number of fused-ring (bicyclic) bond motifs is 3. The van der Waals surface area contributed by atoms with Gasteiger partial charge in [0.05, 0.1) is 56.7 Å². The van der Waals surface area contributed by atoms with Crippen LogP contribution in [0, 0.1) is 5.92 Å². The number of aromatic nitrogens is 3. The Balaban J connectivity index is 1.17. The first-order valence-corrected chi connectivity index (χ1v) is 18.1. The molecule has 3 amide bonds. The quantitative estimate of drug-likeness (QED) is 0.106. The van der Waals surface area contributed by atoms with Crippen molar-refractivity contribution < 1.29 is 14.4 Å². The SMILES string of the molecule is [B]C([B])(c1cccc(C(=O)N(C)C)n1)N1CC(n2ncc3c2C(CC)N(C)c2c(NC(/C=C(\N)NC(=O)C4CC4)=C(/N)C(=O)NC4CC4)cccc2-3)C1. The molecule has 2 aliphatic carbocycles. The van der Waals surface area contributed by atoms with E-state index in [9.17, 15) is 14.4 Å². The number of hydrogen-bond donors (Lipinski definition) is 5. The number of benzene rings is 1. The van der Waals surface area contributed by atoms with Crippen LogP contribution in [0.25, 0.3) is 11.1 Å². The molecule has 1 unspecified atom stereocenters. The van der Waals surface area contributed by atoms with E-state index in [0.717, 1.165) is 54.6 Å². The van der Waals surface area contributed by atoms with Gasteiger partial charge in [-0.05, 0) is 55.6 Å². The number of para-hydroxylation sites is 1. The van der Waals surface area contributed by atoms with Crippen LogP contribution >= 0.6 is 0 Å². The molecule has 4 radical (unpaired) electrons. The van der Waals surface area contributed by atoms with Crippen molar-refractivity contribution in [2.45, 2.75) is 62.5 Å². The lowest BCUT2D eigenvalue weighted by molar-refractivity contribution is -0.121. The molecule has 3 fully saturated rings. The van der Waals surface area contributed by atoms with E-state index >= 15 is 0 Å². The number of nitrogens with zero attached hydrogens (tertiary/aromatic N) is 6. The van der Waals surface area contributed by atoms with Crippen LogP contribution in [-0.2, 0) is 14.9 Å². The van der Waals surface area contributed by atoms with Crippen LogP contribution < -0.4 is 32.3 Å². The van der Waals surface area contributed by atoms with Crippen LogP contribution in [0.15, 0.2) is 65.9 Å². The molecule has 1 saturated heterocycles. The second-order valence-electron chi connectivity index (χ2n) is 14.7. The van der Waals surface area contributed by atoms with Crippen molar-refractivity contribution in [3.63, 3.8) is 0 Å². The first-order valence-electron chi connectivity index (χ1n) is 18.1. The highest BCUT2D eigenvalue weighted by Gasteiger charge is 2.43. The molecule has 0 bridgehead atoms. The highest BCUT2D eigenvalue weighted by molar-refractivity contribution is 6.39. The van der Waals surface area contributed by atoms with Crippen molar-refractivity contribution in [1.82, 2.24) is 35.2 Å². The Morgan fingerprint density at radius 1 is 1.04 bits per heavy atom. The third-order valence-corrected chi connectivity index (χ3v) is 10.4. The number of amides is 3. The molecule has 1 atom stereocenters. The highest BCUT2D eigenvalue weighted by Crippen LogP contribution is 2.50. The number of allylic oxidation sites excluding steroid dienone is 1. The maximum absolute atomic E-state index is 13.1. The summed E-state index contributed by atoms with van der Waals surface area (Å²) in [5.41, 5.74) is 18.3. The van der Waals surface area contributed by atoms with Gasteiger partial charge in [-0.2, -0.15) is 5.10 Å². The summed E-state index contributed by atoms with van der Waals surface area (Å²) in [6.07, 6.45) is 7.66. The van der Waals surface area contributed by atoms with Gasteiger partial charge >= 0.3 is 0 Å². The second-order valence-corrected chi connectivity index (χ2v) is 14.7. The average molecular weight is 713 g/mol. The van der Waals surface area contributed by atoms with E-state index < -0.39 is 11.2 Å². The lowest BCUT2D eigenvalue weighted by Crippen LogP contribution is -2.60. The Labute approximate surface area is 312 Å². The van der Waals surface area contributed by atoms with E-state index in [0.29, 0.717) is 24.5 Å². The number of nitrogens with one attached hydrogen (secondary N) is 3. The summed E-state index contributed by atoms with van der Waals surface area (Å²) in [5.74, 6) is -0.724. The van der Waals surface area contributed by atoms with Crippen molar-refractivity contribution in [2.24, 2.45) is 17.4 Å². The maximum Gasteiger partial charge on any atom is 0.271 e. The van der Waals surface area contributed by atoms with Gasteiger partial charge in [-0.15, -0.1) is 0 Å². The molecular weight excluding hydrogens is 668 g/mol. The molecule has 4 aliphatic rings. The molecule has 14 nitrogen and oxygen atoms in total. The molecule has 2 aromatic heterocycles.